The summed E-state index contributed by atoms with van der Waals surface area (Å²) in [6.07, 6.45) is 1.01. The normalized spacial score (nSPS) is 15.0. The molecule has 3 aromatic rings. The van der Waals surface area contributed by atoms with Gasteiger partial charge in [0.25, 0.3) is 0 Å². The molecule has 0 unspecified atom stereocenters. The van der Waals surface area contributed by atoms with E-state index in [1.165, 1.54) is 35.2 Å². The van der Waals surface area contributed by atoms with Crippen molar-refractivity contribution in [2.45, 2.75) is 6.18 Å². The van der Waals surface area contributed by atoms with Gasteiger partial charge in [0.1, 0.15) is 16.6 Å². The molecule has 2 aromatic carbocycles. The number of thiazole rings is 1. The first-order chi connectivity index (χ1) is 14.3. The highest BCUT2D eigenvalue weighted by Crippen LogP contribution is 2.34. The van der Waals surface area contributed by atoms with Crippen molar-refractivity contribution in [3.8, 4) is 10.6 Å². The number of benzene rings is 2. The maximum absolute atomic E-state index is 14.3. The van der Waals surface area contributed by atoms with Gasteiger partial charge in [-0.1, -0.05) is 30.0 Å². The molecule has 1 aliphatic heterocycles. The summed E-state index contributed by atoms with van der Waals surface area (Å²) in [5.41, 5.74) is 0.163. The third-order valence-corrected chi connectivity index (χ3v) is 6.77. The van der Waals surface area contributed by atoms with Crippen LogP contribution in [0.4, 0.5) is 22.0 Å². The molecule has 30 heavy (non-hydrogen) atoms. The fourth-order valence-corrected chi connectivity index (χ4v) is 5.29. The molecule has 0 atom stereocenters. The van der Waals surface area contributed by atoms with Gasteiger partial charge in [-0.25, -0.2) is 13.8 Å². The second-order valence-corrected chi connectivity index (χ2v) is 8.60. The number of fused-ring (bicyclic) bond motifs is 3. The van der Waals surface area contributed by atoms with E-state index in [1.54, 1.807) is 0 Å². The average molecular weight is 447 g/mol. The van der Waals surface area contributed by atoms with Gasteiger partial charge < -0.3 is 0 Å². The Bertz CT molecular complexity index is 1480. The van der Waals surface area contributed by atoms with Crippen molar-refractivity contribution in [1.29, 1.82) is 0 Å². The van der Waals surface area contributed by atoms with Crippen LogP contribution < -0.4 is 9.75 Å². The highest BCUT2D eigenvalue weighted by molar-refractivity contribution is 8.11. The van der Waals surface area contributed by atoms with Gasteiger partial charge in [0.05, 0.1) is 15.4 Å². The Morgan fingerprint density at radius 3 is 2.53 bits per heavy atom. The first-order valence-corrected chi connectivity index (χ1v) is 10.4. The number of nitrogens with zero attached hydrogens (tertiary/aromatic N) is 1. The fourth-order valence-electron chi connectivity index (χ4n) is 3.38. The lowest BCUT2D eigenvalue weighted by Crippen LogP contribution is -2.14. The minimum atomic E-state index is -4.47. The lowest BCUT2D eigenvalue weighted by Gasteiger charge is -2.11. The summed E-state index contributed by atoms with van der Waals surface area (Å²) in [5, 5.41) is 3.59. The van der Waals surface area contributed by atoms with Crippen LogP contribution in [0.3, 0.4) is 0 Å². The maximum Gasteiger partial charge on any atom is 0.416 e. The molecule has 0 fully saturated rings. The lowest BCUT2D eigenvalue weighted by atomic mass is 10.1. The van der Waals surface area contributed by atoms with Crippen molar-refractivity contribution in [3.05, 3.63) is 97.0 Å². The van der Waals surface area contributed by atoms with Crippen LogP contribution >= 0.6 is 23.1 Å². The Hall–Kier alpha value is -2.71. The van der Waals surface area contributed by atoms with Crippen LogP contribution in [-0.2, 0) is 6.18 Å². The van der Waals surface area contributed by atoms with Crippen LogP contribution in [0.2, 0.25) is 0 Å². The third-order valence-electron chi connectivity index (χ3n) is 4.75. The molecule has 0 spiro atoms. The molecule has 2 heterocycles. The van der Waals surface area contributed by atoms with Gasteiger partial charge in [-0.3, -0.25) is 0 Å². The quantitative estimate of drug-likeness (QED) is 0.458. The van der Waals surface area contributed by atoms with Crippen molar-refractivity contribution in [3.63, 3.8) is 0 Å². The van der Waals surface area contributed by atoms with E-state index in [4.69, 9.17) is 0 Å². The largest absolute Gasteiger partial charge is 0.416 e. The Kier molecular flexibility index (Phi) is 4.44. The van der Waals surface area contributed by atoms with Crippen LogP contribution in [0.15, 0.2) is 59.5 Å². The average Bonchev–Trinajstić information content (AvgIpc) is 3.05. The Morgan fingerprint density at radius 1 is 0.933 bits per heavy atom. The molecule has 0 radical (unpaired) electrons. The molecule has 0 N–H and O–H groups in total. The molecule has 150 valence electrons. The van der Waals surface area contributed by atoms with Crippen molar-refractivity contribution in [1.82, 2.24) is 4.98 Å². The number of alkyl halides is 3. The second-order valence-electron chi connectivity index (χ2n) is 6.66. The second kappa shape index (κ2) is 6.92. The van der Waals surface area contributed by atoms with Gasteiger partial charge in [-0.05, 0) is 46.5 Å². The summed E-state index contributed by atoms with van der Waals surface area (Å²) in [4.78, 5) is 5.24. The topological polar surface area (TPSA) is 12.9 Å². The number of halogens is 5. The van der Waals surface area contributed by atoms with Gasteiger partial charge in [0, 0.05) is 21.8 Å². The number of thioether (sulfide) groups is 1. The number of hydrogen-bond donors (Lipinski definition) is 0. The molecule has 0 saturated carbocycles. The molecule has 0 amide bonds. The van der Waals surface area contributed by atoms with E-state index in [-0.39, 0.29) is 5.56 Å². The fraction of sp³-hybridized carbons (Fsp3) is 0.0455. The standard InChI is InChI=1S/C22H10F5NS2/c23-13-4-6-15(17(24)10-13)21-28-19-14-5-3-12(22(25,26)27)9-16(14)20-11(2-1-7-29-20)8-18(19)30-21/h1-10H. The summed E-state index contributed by atoms with van der Waals surface area (Å²) in [7, 11) is 0. The molecular weight excluding hydrogens is 437 g/mol. The zero-order chi connectivity index (χ0) is 21.0. The Morgan fingerprint density at radius 2 is 1.77 bits per heavy atom. The first-order valence-electron chi connectivity index (χ1n) is 8.75. The Balaban J connectivity index is 1.91. The minimum absolute atomic E-state index is 0.146. The smallest absolute Gasteiger partial charge is 0.235 e. The Labute approximate surface area is 174 Å². The lowest BCUT2D eigenvalue weighted by molar-refractivity contribution is -0.137. The zero-order valence-corrected chi connectivity index (χ0v) is 16.6. The van der Waals surface area contributed by atoms with Crippen molar-refractivity contribution >= 4 is 34.1 Å². The summed E-state index contributed by atoms with van der Waals surface area (Å²) in [6, 6.07) is 6.81. The minimum Gasteiger partial charge on any atom is -0.235 e. The van der Waals surface area contributed by atoms with Gasteiger partial charge >= 0.3 is 6.18 Å². The summed E-state index contributed by atoms with van der Waals surface area (Å²) in [5.74, 6) is -1.43. The molecule has 1 nitrogen and oxygen atoms in total. The number of rotatable bonds is 1. The molecule has 0 saturated heterocycles. The monoisotopic (exact) mass is 447 g/mol. The maximum atomic E-state index is 14.3. The van der Waals surface area contributed by atoms with Crippen LogP contribution in [0.1, 0.15) is 5.56 Å². The van der Waals surface area contributed by atoms with E-state index in [1.807, 2.05) is 23.6 Å². The molecule has 2 aliphatic rings. The van der Waals surface area contributed by atoms with Crippen molar-refractivity contribution < 1.29 is 22.0 Å². The van der Waals surface area contributed by atoms with Gasteiger partial charge in [-0.15, -0.1) is 11.3 Å². The third kappa shape index (κ3) is 3.20. The van der Waals surface area contributed by atoms with E-state index >= 15 is 0 Å². The highest BCUT2D eigenvalue weighted by atomic mass is 32.2. The molecule has 0 bridgehead atoms. The SMILES string of the molecule is Fc1ccc(-c2nc3c(s2)=CC2=CC=CSC2=c2cc(C(F)(F)F)ccc2=3)c(F)c1. The number of hydrogen-bond acceptors (Lipinski definition) is 3. The van der Waals surface area contributed by atoms with E-state index in [0.717, 1.165) is 29.8 Å². The molecular formula is C22H10F5NS2. The number of aromatic nitrogens is 1. The number of allylic oxidation sites excluding steroid dienone is 2. The van der Waals surface area contributed by atoms with E-state index in [2.05, 4.69) is 4.98 Å². The van der Waals surface area contributed by atoms with Crippen LogP contribution in [-0.4, -0.2) is 4.98 Å². The molecule has 5 rings (SSSR count). The predicted octanol–water partition coefficient (Wildman–Crippen LogP) is 5.48. The summed E-state index contributed by atoms with van der Waals surface area (Å²) in [6.45, 7) is 0. The van der Waals surface area contributed by atoms with Crippen LogP contribution in [0.5, 0.6) is 0 Å². The highest BCUT2D eigenvalue weighted by Gasteiger charge is 2.30. The van der Waals surface area contributed by atoms with Gasteiger partial charge in [-0.2, -0.15) is 13.2 Å². The predicted molar refractivity (Wildman–Crippen MR) is 109 cm³/mol. The summed E-state index contributed by atoms with van der Waals surface area (Å²) >= 11 is 2.56. The van der Waals surface area contributed by atoms with E-state index < -0.39 is 23.4 Å². The van der Waals surface area contributed by atoms with Crippen LogP contribution in [0, 0.1) is 22.2 Å². The van der Waals surface area contributed by atoms with E-state index in [0.29, 0.717) is 30.2 Å². The van der Waals surface area contributed by atoms with Crippen LogP contribution in [0.25, 0.3) is 21.6 Å². The molecule has 1 aromatic heterocycles. The van der Waals surface area contributed by atoms with Crippen molar-refractivity contribution in [2.24, 2.45) is 0 Å². The van der Waals surface area contributed by atoms with Gasteiger partial charge in [0.15, 0.2) is 0 Å². The zero-order valence-electron chi connectivity index (χ0n) is 14.9. The summed E-state index contributed by atoms with van der Waals surface area (Å²) < 4.78 is 68.3. The first kappa shape index (κ1) is 19.3. The van der Waals surface area contributed by atoms with Gasteiger partial charge in [0.2, 0.25) is 0 Å². The van der Waals surface area contributed by atoms with Crippen molar-refractivity contribution in [2.75, 3.05) is 0 Å². The molecule has 1 aliphatic carbocycles. The molecule has 8 heteroatoms. The van der Waals surface area contributed by atoms with E-state index in [9.17, 15) is 22.0 Å².